The van der Waals surface area contributed by atoms with E-state index in [9.17, 15) is 0 Å². The molecule has 0 aromatic carbocycles. The maximum absolute atomic E-state index is 5.82. The van der Waals surface area contributed by atoms with Gasteiger partial charge >= 0.3 is 0 Å². The highest BCUT2D eigenvalue weighted by Gasteiger charge is 2.30. The first-order chi connectivity index (χ1) is 15.1. The highest BCUT2D eigenvalue weighted by molar-refractivity contribution is 14.1. The summed E-state index contributed by atoms with van der Waals surface area (Å²) in [5.41, 5.74) is 0. The largest absolute Gasteiger partial charge is 0.303 e. The normalized spacial score (nSPS) is 12.7. The van der Waals surface area contributed by atoms with Gasteiger partial charge in [0.1, 0.15) is 10.6 Å². The lowest BCUT2D eigenvalue weighted by Crippen LogP contribution is -2.53. The van der Waals surface area contributed by atoms with E-state index in [1.165, 1.54) is 142 Å². The van der Waals surface area contributed by atoms with Crippen molar-refractivity contribution in [3.8, 4) is 12.3 Å². The monoisotopic (exact) mass is 546 g/mol. The standard InChI is InChI=1S/C29H57IN/c1-5-8-10-12-14-16-18-20-22-24-27-31(26-7-3,29(4)30)28-25-23-21-19-17-15-13-11-9-6-2/h3,29H,5-6,8-28H2,1-2,4H3/q+1. The number of unbranched alkanes of at least 4 members (excludes halogenated alkanes) is 18. The van der Waals surface area contributed by atoms with Gasteiger partial charge in [0.15, 0.2) is 0 Å². The van der Waals surface area contributed by atoms with Crippen LogP contribution >= 0.6 is 22.6 Å². The fourth-order valence-corrected chi connectivity index (χ4v) is 5.52. The van der Waals surface area contributed by atoms with E-state index in [1.807, 2.05) is 0 Å². The minimum Gasteiger partial charge on any atom is -0.303 e. The van der Waals surface area contributed by atoms with E-state index in [2.05, 4.69) is 49.3 Å². The molecule has 2 heteroatoms. The number of terminal acetylenes is 1. The summed E-state index contributed by atoms with van der Waals surface area (Å²) < 4.78 is 1.76. The summed E-state index contributed by atoms with van der Waals surface area (Å²) in [4.78, 5) is 0. The molecule has 0 spiro atoms. The van der Waals surface area contributed by atoms with Gasteiger partial charge in [0.05, 0.1) is 13.1 Å². The third-order valence-corrected chi connectivity index (χ3v) is 8.26. The van der Waals surface area contributed by atoms with Crippen LogP contribution in [0.15, 0.2) is 0 Å². The van der Waals surface area contributed by atoms with Gasteiger partial charge in [-0.25, -0.2) is 0 Å². The summed E-state index contributed by atoms with van der Waals surface area (Å²) in [6, 6.07) is 0. The molecule has 0 N–H and O–H groups in total. The highest BCUT2D eigenvalue weighted by atomic mass is 127. The summed E-state index contributed by atoms with van der Waals surface area (Å²) in [5, 5.41) is 0. The van der Waals surface area contributed by atoms with Crippen molar-refractivity contribution in [1.29, 1.82) is 0 Å². The summed E-state index contributed by atoms with van der Waals surface area (Å²) in [6.45, 7) is 10.4. The Morgan fingerprint density at radius 3 is 1.13 bits per heavy atom. The smallest absolute Gasteiger partial charge is 0.141 e. The minimum absolute atomic E-state index is 0.616. The highest BCUT2D eigenvalue weighted by Crippen LogP contribution is 2.23. The molecule has 0 fully saturated rings. The topological polar surface area (TPSA) is 0 Å². The van der Waals surface area contributed by atoms with Crippen LogP contribution in [0.5, 0.6) is 0 Å². The van der Waals surface area contributed by atoms with Crippen LogP contribution in [0.4, 0.5) is 0 Å². The van der Waals surface area contributed by atoms with Crippen LogP contribution in [0.25, 0.3) is 0 Å². The molecule has 1 unspecified atom stereocenters. The van der Waals surface area contributed by atoms with Crippen molar-refractivity contribution >= 4 is 22.6 Å². The van der Waals surface area contributed by atoms with E-state index in [-0.39, 0.29) is 0 Å². The molecule has 0 heterocycles. The van der Waals surface area contributed by atoms with Gasteiger partial charge in [-0.15, -0.1) is 6.42 Å². The molecule has 31 heavy (non-hydrogen) atoms. The predicted octanol–water partition coefficient (Wildman–Crippen LogP) is 10.1. The zero-order valence-corrected chi connectivity index (χ0v) is 23.9. The van der Waals surface area contributed by atoms with Gasteiger partial charge in [-0.3, -0.25) is 0 Å². The maximum atomic E-state index is 5.82. The van der Waals surface area contributed by atoms with E-state index in [1.54, 1.807) is 0 Å². The number of nitrogens with zero attached hydrogens (tertiary/aromatic N) is 1. The average Bonchev–Trinajstić information content (AvgIpc) is 2.76. The Morgan fingerprint density at radius 1 is 0.581 bits per heavy atom. The van der Waals surface area contributed by atoms with Crippen LogP contribution in [0.2, 0.25) is 0 Å². The molecule has 184 valence electrons. The van der Waals surface area contributed by atoms with Crippen molar-refractivity contribution in [3.05, 3.63) is 0 Å². The molecule has 1 nitrogen and oxygen atoms in total. The molecule has 0 saturated heterocycles. The predicted molar refractivity (Wildman–Crippen MR) is 151 cm³/mol. The number of quaternary nitrogens is 1. The Hall–Kier alpha value is 0.250. The fraction of sp³-hybridized carbons (Fsp3) is 0.931. The molecular weight excluding hydrogens is 489 g/mol. The van der Waals surface area contributed by atoms with Crippen LogP contribution in [0.3, 0.4) is 0 Å². The first kappa shape index (κ1) is 31.2. The van der Waals surface area contributed by atoms with Crippen molar-refractivity contribution in [3.63, 3.8) is 0 Å². The molecular formula is C29H57IN+. The van der Waals surface area contributed by atoms with Crippen molar-refractivity contribution in [2.24, 2.45) is 0 Å². The van der Waals surface area contributed by atoms with E-state index in [0.29, 0.717) is 4.05 Å². The third-order valence-electron chi connectivity index (χ3n) is 7.07. The van der Waals surface area contributed by atoms with E-state index >= 15 is 0 Å². The van der Waals surface area contributed by atoms with Gasteiger partial charge in [0, 0.05) is 0 Å². The van der Waals surface area contributed by atoms with Crippen LogP contribution < -0.4 is 0 Å². The first-order valence-electron chi connectivity index (χ1n) is 14.1. The molecule has 0 amide bonds. The second kappa shape index (κ2) is 23.4. The van der Waals surface area contributed by atoms with Gasteiger partial charge in [0.25, 0.3) is 0 Å². The van der Waals surface area contributed by atoms with Crippen molar-refractivity contribution in [2.45, 2.75) is 153 Å². The van der Waals surface area contributed by atoms with Crippen molar-refractivity contribution < 1.29 is 4.48 Å². The molecule has 0 aromatic heterocycles. The fourth-order valence-electron chi connectivity index (χ4n) is 4.76. The minimum atomic E-state index is 0.616. The Bertz CT molecular complexity index is 374. The van der Waals surface area contributed by atoms with Crippen LogP contribution in [0, 0.1) is 12.3 Å². The van der Waals surface area contributed by atoms with Crippen LogP contribution in [-0.2, 0) is 0 Å². The van der Waals surface area contributed by atoms with Gasteiger partial charge in [-0.05, 0) is 61.1 Å². The summed E-state index contributed by atoms with van der Waals surface area (Å²) in [5.74, 6) is 3.03. The zero-order valence-electron chi connectivity index (χ0n) is 21.7. The van der Waals surface area contributed by atoms with E-state index in [4.69, 9.17) is 6.42 Å². The van der Waals surface area contributed by atoms with Gasteiger partial charge in [0.2, 0.25) is 0 Å². The molecule has 0 aliphatic heterocycles. The van der Waals surface area contributed by atoms with Crippen LogP contribution in [0.1, 0.15) is 149 Å². The molecule has 0 aliphatic rings. The lowest BCUT2D eigenvalue weighted by molar-refractivity contribution is -0.926. The number of rotatable bonds is 24. The number of halogens is 1. The van der Waals surface area contributed by atoms with Gasteiger partial charge in [-0.2, -0.15) is 0 Å². The number of hydrogen-bond acceptors (Lipinski definition) is 0. The first-order valence-corrected chi connectivity index (χ1v) is 15.3. The van der Waals surface area contributed by atoms with E-state index < -0.39 is 0 Å². The Kier molecular flexibility index (Phi) is 23.6. The quantitative estimate of drug-likeness (QED) is 0.0282. The van der Waals surface area contributed by atoms with Crippen LogP contribution in [-0.4, -0.2) is 28.2 Å². The number of hydrogen-bond donors (Lipinski definition) is 0. The molecule has 0 aliphatic carbocycles. The maximum Gasteiger partial charge on any atom is 0.141 e. The second-order valence-electron chi connectivity index (χ2n) is 9.97. The Morgan fingerprint density at radius 2 is 0.871 bits per heavy atom. The SMILES string of the molecule is C#CC[N+](CCCCCCCCCCCC)(CCCCCCCCCCCC)C(C)I. The molecule has 0 bridgehead atoms. The average molecular weight is 547 g/mol. The number of alkyl halides is 1. The van der Waals surface area contributed by atoms with Gasteiger partial charge < -0.3 is 4.48 Å². The van der Waals surface area contributed by atoms with Crippen molar-refractivity contribution in [1.82, 2.24) is 0 Å². The van der Waals surface area contributed by atoms with Crippen molar-refractivity contribution in [2.75, 3.05) is 19.6 Å². The Balaban J connectivity index is 3.97. The summed E-state index contributed by atoms with van der Waals surface area (Å²) in [6.07, 6.45) is 34.1. The lowest BCUT2D eigenvalue weighted by atomic mass is 10.1. The summed E-state index contributed by atoms with van der Waals surface area (Å²) >= 11 is 2.64. The molecule has 0 radical (unpaired) electrons. The molecule has 1 atom stereocenters. The molecule has 0 saturated carbocycles. The molecule has 0 rings (SSSR count). The lowest BCUT2D eigenvalue weighted by Gasteiger charge is -2.40. The summed E-state index contributed by atoms with van der Waals surface area (Å²) in [7, 11) is 0. The Labute approximate surface area is 211 Å². The van der Waals surface area contributed by atoms with E-state index in [0.717, 1.165) is 11.0 Å². The molecule has 0 aromatic rings. The second-order valence-corrected chi connectivity index (χ2v) is 11.8. The third kappa shape index (κ3) is 18.4. The zero-order chi connectivity index (χ0) is 23.0. The van der Waals surface area contributed by atoms with Gasteiger partial charge in [-0.1, -0.05) is 117 Å².